The van der Waals surface area contributed by atoms with E-state index in [4.69, 9.17) is 0 Å². The van der Waals surface area contributed by atoms with E-state index in [2.05, 4.69) is 15.3 Å². The minimum absolute atomic E-state index is 0.155. The molecule has 1 aliphatic rings. The van der Waals surface area contributed by atoms with Gasteiger partial charge in [0.1, 0.15) is 5.82 Å². The number of alkyl halides is 3. The van der Waals surface area contributed by atoms with Gasteiger partial charge in [0.15, 0.2) is 0 Å². The molecule has 1 saturated heterocycles. The topological polar surface area (TPSA) is 61.0 Å². The van der Waals surface area contributed by atoms with Crippen LogP contribution < -0.4 is 5.32 Å². The van der Waals surface area contributed by atoms with Crippen molar-refractivity contribution in [2.45, 2.75) is 24.9 Å². The monoisotopic (exact) mass is 402 g/mol. The maximum absolute atomic E-state index is 12.8. The van der Waals surface area contributed by atoms with E-state index in [0.717, 1.165) is 54.9 Å². The molecule has 8 heteroatoms. The number of carbonyl (C=O) groups excluding carboxylic acids is 1. The van der Waals surface area contributed by atoms with Gasteiger partial charge in [-0.15, -0.1) is 0 Å². The highest BCUT2D eigenvalue weighted by Gasteiger charge is 2.30. The fraction of sp³-hybridized carbons (Fsp3) is 0.333. The van der Waals surface area contributed by atoms with Gasteiger partial charge in [0.05, 0.1) is 23.1 Å². The van der Waals surface area contributed by atoms with Gasteiger partial charge in [-0.2, -0.15) is 13.2 Å². The number of nitrogens with one attached hydrogen (secondary N) is 2. The summed E-state index contributed by atoms with van der Waals surface area (Å²) in [5.41, 5.74) is 1.35. The molecule has 2 N–H and O–H groups in total. The average Bonchev–Trinajstić information content (AvgIpc) is 3.12. The minimum Gasteiger partial charge on any atom is -0.342 e. The molecular formula is C21H21F3N4O. The van der Waals surface area contributed by atoms with Crippen LogP contribution in [0.5, 0.6) is 0 Å². The molecule has 1 aliphatic heterocycles. The number of anilines is 1. The third kappa shape index (κ3) is 4.59. The molecule has 0 unspecified atom stereocenters. The van der Waals surface area contributed by atoms with Crippen molar-refractivity contribution in [1.29, 1.82) is 0 Å². The maximum Gasteiger partial charge on any atom is 0.416 e. The highest BCUT2D eigenvalue weighted by molar-refractivity contribution is 5.92. The Labute approximate surface area is 165 Å². The molecule has 29 heavy (non-hydrogen) atoms. The Bertz CT molecular complexity index is 973. The molecule has 0 radical (unpaired) electrons. The van der Waals surface area contributed by atoms with Crippen molar-refractivity contribution in [2.75, 3.05) is 25.0 Å². The molecule has 0 saturated carbocycles. The van der Waals surface area contributed by atoms with E-state index in [0.29, 0.717) is 5.92 Å². The Hall–Kier alpha value is -2.87. The summed E-state index contributed by atoms with van der Waals surface area (Å²) in [7, 11) is 0. The number of aromatic amines is 1. The van der Waals surface area contributed by atoms with Crippen LogP contribution in [0.3, 0.4) is 0 Å². The van der Waals surface area contributed by atoms with Gasteiger partial charge in [0, 0.05) is 11.6 Å². The van der Waals surface area contributed by atoms with Crippen LogP contribution in [0, 0.1) is 0 Å². The van der Waals surface area contributed by atoms with Crippen LogP contribution in [-0.2, 0) is 11.0 Å². The van der Waals surface area contributed by atoms with Gasteiger partial charge >= 0.3 is 6.18 Å². The van der Waals surface area contributed by atoms with Crippen LogP contribution in [0.4, 0.5) is 18.9 Å². The molecule has 3 aromatic rings. The first-order chi connectivity index (χ1) is 13.9. The largest absolute Gasteiger partial charge is 0.416 e. The molecule has 1 amide bonds. The molecule has 2 heterocycles. The first kappa shape index (κ1) is 19.4. The Morgan fingerprint density at radius 2 is 1.90 bits per heavy atom. The zero-order valence-corrected chi connectivity index (χ0v) is 15.7. The Morgan fingerprint density at radius 1 is 1.14 bits per heavy atom. The second-order valence-corrected chi connectivity index (χ2v) is 7.32. The van der Waals surface area contributed by atoms with Crippen LogP contribution in [0.25, 0.3) is 11.0 Å². The summed E-state index contributed by atoms with van der Waals surface area (Å²) in [6.07, 6.45) is -2.69. The third-order valence-corrected chi connectivity index (χ3v) is 5.22. The molecule has 4 rings (SSSR count). The van der Waals surface area contributed by atoms with Crippen molar-refractivity contribution in [3.8, 4) is 0 Å². The number of likely N-dealkylation sites (tertiary alicyclic amines) is 1. The number of rotatable bonds is 4. The number of hydrogen-bond acceptors (Lipinski definition) is 3. The van der Waals surface area contributed by atoms with E-state index >= 15 is 0 Å². The third-order valence-electron chi connectivity index (χ3n) is 5.22. The van der Waals surface area contributed by atoms with Crippen LogP contribution in [-0.4, -0.2) is 40.4 Å². The SMILES string of the molecule is O=C(CN1CCC(c2nc3ccccc3[nH]2)CC1)Nc1cccc(C(F)(F)F)c1. The standard InChI is InChI=1S/C21H21F3N4O/c22-21(23,24)15-4-3-5-16(12-15)25-19(29)13-28-10-8-14(9-11-28)20-26-17-6-1-2-7-18(17)27-20/h1-7,12,14H,8-11,13H2,(H,25,29)(H,26,27). The van der Waals surface area contributed by atoms with Crippen LogP contribution in [0.1, 0.15) is 30.1 Å². The number of amides is 1. The lowest BCUT2D eigenvalue weighted by molar-refractivity contribution is -0.137. The molecule has 5 nitrogen and oxygen atoms in total. The van der Waals surface area contributed by atoms with E-state index in [1.807, 2.05) is 29.2 Å². The van der Waals surface area contributed by atoms with Gasteiger partial charge in [0.2, 0.25) is 5.91 Å². The van der Waals surface area contributed by atoms with E-state index < -0.39 is 11.7 Å². The Balaban J connectivity index is 1.31. The highest BCUT2D eigenvalue weighted by atomic mass is 19.4. The summed E-state index contributed by atoms with van der Waals surface area (Å²) in [5, 5.41) is 2.56. The zero-order valence-electron chi connectivity index (χ0n) is 15.7. The first-order valence-electron chi connectivity index (χ1n) is 9.52. The van der Waals surface area contributed by atoms with Crippen LogP contribution in [0.15, 0.2) is 48.5 Å². The van der Waals surface area contributed by atoms with E-state index in [-0.39, 0.29) is 18.1 Å². The van der Waals surface area contributed by atoms with E-state index in [9.17, 15) is 18.0 Å². The lowest BCUT2D eigenvalue weighted by atomic mass is 9.96. The smallest absolute Gasteiger partial charge is 0.342 e. The quantitative estimate of drug-likeness (QED) is 0.680. The second-order valence-electron chi connectivity index (χ2n) is 7.32. The van der Waals surface area contributed by atoms with Gasteiger partial charge in [-0.25, -0.2) is 4.98 Å². The minimum atomic E-state index is -4.43. The summed E-state index contributed by atoms with van der Waals surface area (Å²) in [4.78, 5) is 22.3. The van der Waals surface area contributed by atoms with Gasteiger partial charge in [0.25, 0.3) is 0 Å². The van der Waals surface area contributed by atoms with Crippen molar-refractivity contribution in [3.63, 3.8) is 0 Å². The number of imidazole rings is 1. The van der Waals surface area contributed by atoms with Crippen molar-refractivity contribution < 1.29 is 18.0 Å². The number of para-hydroxylation sites is 2. The molecule has 0 aliphatic carbocycles. The summed E-state index contributed by atoms with van der Waals surface area (Å²) >= 11 is 0. The lowest BCUT2D eigenvalue weighted by Crippen LogP contribution is -2.38. The number of benzene rings is 2. The predicted molar refractivity (Wildman–Crippen MR) is 105 cm³/mol. The van der Waals surface area contributed by atoms with Gasteiger partial charge in [-0.05, 0) is 56.3 Å². The number of piperidine rings is 1. The van der Waals surface area contributed by atoms with Crippen molar-refractivity contribution in [1.82, 2.24) is 14.9 Å². The van der Waals surface area contributed by atoms with Gasteiger partial charge < -0.3 is 10.3 Å². The molecule has 2 aromatic carbocycles. The summed E-state index contributed by atoms with van der Waals surface area (Å²) in [5.74, 6) is 0.968. The molecule has 0 atom stereocenters. The number of halogens is 3. The zero-order chi connectivity index (χ0) is 20.4. The molecule has 1 fully saturated rings. The number of hydrogen-bond donors (Lipinski definition) is 2. The molecular weight excluding hydrogens is 381 g/mol. The number of H-pyrrole nitrogens is 1. The normalized spacial score (nSPS) is 16.2. The fourth-order valence-electron chi connectivity index (χ4n) is 3.71. The summed E-state index contributed by atoms with van der Waals surface area (Å²) in [6.45, 7) is 1.62. The molecule has 0 spiro atoms. The van der Waals surface area contributed by atoms with E-state index in [1.165, 1.54) is 12.1 Å². The fourth-order valence-corrected chi connectivity index (χ4v) is 3.71. The average molecular weight is 402 g/mol. The summed E-state index contributed by atoms with van der Waals surface area (Å²) < 4.78 is 38.4. The number of fused-ring (bicyclic) bond motifs is 1. The second kappa shape index (κ2) is 7.87. The van der Waals surface area contributed by atoms with Crippen LogP contribution >= 0.6 is 0 Å². The molecule has 0 bridgehead atoms. The Morgan fingerprint density at radius 3 is 2.62 bits per heavy atom. The lowest BCUT2D eigenvalue weighted by Gasteiger charge is -2.30. The van der Waals surface area contributed by atoms with Gasteiger partial charge in [-0.1, -0.05) is 18.2 Å². The van der Waals surface area contributed by atoms with Gasteiger partial charge in [-0.3, -0.25) is 9.69 Å². The molecule has 1 aromatic heterocycles. The predicted octanol–water partition coefficient (Wildman–Crippen LogP) is 4.40. The molecule has 152 valence electrons. The van der Waals surface area contributed by atoms with E-state index in [1.54, 1.807) is 0 Å². The number of nitrogens with zero attached hydrogens (tertiary/aromatic N) is 2. The number of carbonyl (C=O) groups is 1. The first-order valence-corrected chi connectivity index (χ1v) is 9.52. The van der Waals surface area contributed by atoms with Crippen LogP contribution in [0.2, 0.25) is 0 Å². The maximum atomic E-state index is 12.8. The van der Waals surface area contributed by atoms with Crippen molar-refractivity contribution >= 4 is 22.6 Å². The van der Waals surface area contributed by atoms with Crippen molar-refractivity contribution in [3.05, 3.63) is 59.9 Å². The summed E-state index contributed by atoms with van der Waals surface area (Å²) in [6, 6.07) is 12.6. The number of aromatic nitrogens is 2. The highest BCUT2D eigenvalue weighted by Crippen LogP contribution is 2.31. The van der Waals surface area contributed by atoms with Crippen molar-refractivity contribution in [2.24, 2.45) is 0 Å². The Kier molecular flexibility index (Phi) is 5.27.